The van der Waals surface area contributed by atoms with Gasteiger partial charge < -0.3 is 31.4 Å². The van der Waals surface area contributed by atoms with Crippen LogP contribution >= 0.6 is 0 Å². The van der Waals surface area contributed by atoms with Gasteiger partial charge in [-0.2, -0.15) is 0 Å². The highest BCUT2D eigenvalue weighted by atomic mass is 16.4. The molecule has 0 saturated carbocycles. The number of rotatable bonds is 12. The van der Waals surface area contributed by atoms with Crippen molar-refractivity contribution in [1.29, 1.82) is 0 Å². The molecule has 1 aliphatic rings. The lowest BCUT2D eigenvalue weighted by molar-refractivity contribution is -0.146. The number of aromatic amines is 1. The van der Waals surface area contributed by atoms with Crippen molar-refractivity contribution in [2.24, 2.45) is 17.6 Å². The fourth-order valence-corrected chi connectivity index (χ4v) is 4.99. The number of nitrogens with one attached hydrogen (secondary N) is 3. The molecule has 3 amide bonds. The SMILES string of the molecule is CCC(C)C(NC(=O)C1CCCN1C(=O)C(NC(=O)C(N)Cc1c[nH]c2ccccc12)C(C)CC)C(=O)O. The summed E-state index contributed by atoms with van der Waals surface area (Å²) in [6.45, 7) is 7.80. The van der Waals surface area contributed by atoms with Gasteiger partial charge in [0.2, 0.25) is 17.7 Å². The Bertz CT molecular complexity index is 1150. The summed E-state index contributed by atoms with van der Waals surface area (Å²) in [5.41, 5.74) is 8.15. The first-order chi connectivity index (χ1) is 18.1. The van der Waals surface area contributed by atoms with E-state index in [4.69, 9.17) is 5.73 Å². The van der Waals surface area contributed by atoms with Crippen molar-refractivity contribution in [1.82, 2.24) is 20.5 Å². The molecule has 3 rings (SSSR count). The van der Waals surface area contributed by atoms with E-state index in [9.17, 15) is 24.3 Å². The van der Waals surface area contributed by atoms with Crippen LogP contribution in [0.5, 0.6) is 0 Å². The van der Waals surface area contributed by atoms with Crippen LogP contribution < -0.4 is 16.4 Å². The maximum atomic E-state index is 13.7. The molecular weight excluding hydrogens is 486 g/mol. The minimum Gasteiger partial charge on any atom is -0.480 e. The molecule has 1 aromatic carbocycles. The molecule has 38 heavy (non-hydrogen) atoms. The van der Waals surface area contributed by atoms with Crippen LogP contribution in [0.4, 0.5) is 0 Å². The van der Waals surface area contributed by atoms with Gasteiger partial charge in [-0.15, -0.1) is 0 Å². The maximum Gasteiger partial charge on any atom is 0.326 e. The Balaban J connectivity index is 1.71. The third kappa shape index (κ3) is 6.53. The quantitative estimate of drug-likeness (QED) is 0.285. The summed E-state index contributed by atoms with van der Waals surface area (Å²) in [7, 11) is 0. The predicted molar refractivity (Wildman–Crippen MR) is 145 cm³/mol. The number of para-hydroxylation sites is 1. The number of hydrogen-bond donors (Lipinski definition) is 5. The smallest absolute Gasteiger partial charge is 0.326 e. The molecule has 0 spiro atoms. The number of H-pyrrole nitrogens is 1. The van der Waals surface area contributed by atoms with E-state index < -0.39 is 42.0 Å². The van der Waals surface area contributed by atoms with Gasteiger partial charge in [0.1, 0.15) is 18.1 Å². The van der Waals surface area contributed by atoms with Gasteiger partial charge in [0.15, 0.2) is 0 Å². The van der Waals surface area contributed by atoms with Crippen LogP contribution in [0.2, 0.25) is 0 Å². The second kappa shape index (κ2) is 12.9. The number of carbonyl (C=O) groups is 4. The van der Waals surface area contributed by atoms with Gasteiger partial charge in [-0.3, -0.25) is 14.4 Å². The zero-order valence-electron chi connectivity index (χ0n) is 22.7. The molecule has 10 nitrogen and oxygen atoms in total. The van der Waals surface area contributed by atoms with Gasteiger partial charge in [-0.25, -0.2) is 4.79 Å². The Morgan fingerprint density at radius 3 is 2.39 bits per heavy atom. The second-order valence-corrected chi connectivity index (χ2v) is 10.4. The van der Waals surface area contributed by atoms with Crippen molar-refractivity contribution in [3.05, 3.63) is 36.0 Å². The van der Waals surface area contributed by atoms with Crippen molar-refractivity contribution in [2.45, 2.75) is 84.0 Å². The van der Waals surface area contributed by atoms with Crippen LogP contribution in [0.1, 0.15) is 58.9 Å². The number of likely N-dealkylation sites (tertiary alicyclic amines) is 1. The predicted octanol–water partition coefficient (Wildman–Crippen LogP) is 2.18. The standard InChI is InChI=1S/C28H41N5O5/c1-5-16(3)23(31-25(34)20(29)14-18-15-30-21-11-8-7-10-19(18)21)27(36)33-13-9-12-22(33)26(35)32-24(28(37)38)17(4)6-2/h7-8,10-11,15-17,20,22-24,30H,5-6,9,12-14,29H2,1-4H3,(H,31,34)(H,32,35)(H,37,38). The Morgan fingerprint density at radius 2 is 1.74 bits per heavy atom. The second-order valence-electron chi connectivity index (χ2n) is 10.4. The van der Waals surface area contributed by atoms with Crippen LogP contribution in [-0.4, -0.2) is 69.4 Å². The monoisotopic (exact) mass is 527 g/mol. The Morgan fingerprint density at radius 1 is 1.08 bits per heavy atom. The summed E-state index contributed by atoms with van der Waals surface area (Å²) in [5.74, 6) is -2.81. The van der Waals surface area contributed by atoms with E-state index in [0.717, 1.165) is 16.5 Å². The maximum absolute atomic E-state index is 13.7. The fraction of sp³-hybridized carbons (Fsp3) is 0.571. The Hall–Kier alpha value is -3.40. The Labute approximate surface area is 223 Å². The van der Waals surface area contributed by atoms with Crippen LogP contribution in [0.3, 0.4) is 0 Å². The summed E-state index contributed by atoms with van der Waals surface area (Å²) in [5, 5.41) is 16.1. The number of aliphatic carboxylic acids is 1. The highest BCUT2D eigenvalue weighted by Crippen LogP contribution is 2.23. The summed E-state index contributed by atoms with van der Waals surface area (Å²) in [6, 6.07) is 4.24. The van der Waals surface area contributed by atoms with Crippen LogP contribution in [-0.2, 0) is 25.6 Å². The van der Waals surface area contributed by atoms with Crippen molar-refractivity contribution in [2.75, 3.05) is 6.54 Å². The van der Waals surface area contributed by atoms with E-state index >= 15 is 0 Å². The molecule has 1 saturated heterocycles. The van der Waals surface area contributed by atoms with Crippen LogP contribution in [0.25, 0.3) is 10.9 Å². The normalized spacial score (nSPS) is 19.4. The fourth-order valence-electron chi connectivity index (χ4n) is 4.99. The molecular formula is C28H41N5O5. The first kappa shape index (κ1) is 29.2. The first-order valence-corrected chi connectivity index (χ1v) is 13.5. The zero-order chi connectivity index (χ0) is 28.0. The molecule has 0 bridgehead atoms. The number of carbonyl (C=O) groups excluding carboxylic acids is 3. The van der Waals surface area contributed by atoms with Gasteiger partial charge in [0.25, 0.3) is 0 Å². The molecule has 1 aliphatic heterocycles. The largest absolute Gasteiger partial charge is 0.480 e. The summed E-state index contributed by atoms with van der Waals surface area (Å²) in [6.07, 6.45) is 4.42. The van der Waals surface area contributed by atoms with E-state index in [1.807, 2.05) is 51.2 Å². The highest BCUT2D eigenvalue weighted by Gasteiger charge is 2.40. The van der Waals surface area contributed by atoms with Gasteiger partial charge in [0, 0.05) is 23.6 Å². The van der Waals surface area contributed by atoms with Crippen molar-refractivity contribution in [3.8, 4) is 0 Å². The zero-order valence-corrected chi connectivity index (χ0v) is 22.7. The first-order valence-electron chi connectivity index (χ1n) is 13.5. The van der Waals surface area contributed by atoms with E-state index in [0.29, 0.717) is 38.6 Å². The van der Waals surface area contributed by atoms with E-state index in [-0.39, 0.29) is 17.7 Å². The molecule has 0 aliphatic carbocycles. The molecule has 6 unspecified atom stereocenters. The van der Waals surface area contributed by atoms with Gasteiger partial charge in [-0.1, -0.05) is 58.7 Å². The third-order valence-corrected chi connectivity index (χ3v) is 7.84. The summed E-state index contributed by atoms with van der Waals surface area (Å²) in [4.78, 5) is 56.3. The Kier molecular flexibility index (Phi) is 9.90. The lowest BCUT2D eigenvalue weighted by Gasteiger charge is -2.32. The van der Waals surface area contributed by atoms with Crippen molar-refractivity contribution < 1.29 is 24.3 Å². The molecule has 2 aromatic rings. The summed E-state index contributed by atoms with van der Waals surface area (Å²) < 4.78 is 0. The van der Waals surface area contributed by atoms with Crippen molar-refractivity contribution >= 4 is 34.6 Å². The van der Waals surface area contributed by atoms with Crippen LogP contribution in [0.15, 0.2) is 30.5 Å². The van der Waals surface area contributed by atoms with E-state index in [2.05, 4.69) is 15.6 Å². The third-order valence-electron chi connectivity index (χ3n) is 7.84. The number of hydrogen-bond acceptors (Lipinski definition) is 5. The minimum absolute atomic E-state index is 0.192. The molecule has 208 valence electrons. The summed E-state index contributed by atoms with van der Waals surface area (Å²) >= 11 is 0. The number of amides is 3. The molecule has 2 heterocycles. The molecule has 0 radical (unpaired) electrons. The van der Waals surface area contributed by atoms with Gasteiger partial charge in [-0.05, 0) is 42.7 Å². The van der Waals surface area contributed by atoms with Gasteiger partial charge >= 0.3 is 5.97 Å². The number of nitrogens with two attached hydrogens (primary N) is 1. The average Bonchev–Trinajstić information content (AvgIpc) is 3.56. The lowest BCUT2D eigenvalue weighted by Crippen LogP contribution is -2.59. The number of carboxylic acids is 1. The molecule has 1 aromatic heterocycles. The molecule has 1 fully saturated rings. The molecule has 10 heteroatoms. The number of aromatic nitrogens is 1. The highest BCUT2D eigenvalue weighted by molar-refractivity contribution is 5.95. The number of fused-ring (bicyclic) bond motifs is 1. The van der Waals surface area contributed by atoms with Gasteiger partial charge in [0.05, 0.1) is 6.04 Å². The van der Waals surface area contributed by atoms with E-state index in [1.54, 1.807) is 6.92 Å². The lowest BCUT2D eigenvalue weighted by atomic mass is 9.96. The minimum atomic E-state index is -1.10. The molecule has 6 atom stereocenters. The van der Waals surface area contributed by atoms with Crippen molar-refractivity contribution in [3.63, 3.8) is 0 Å². The average molecular weight is 528 g/mol. The number of benzene rings is 1. The van der Waals surface area contributed by atoms with Crippen LogP contribution in [0, 0.1) is 11.8 Å². The molecule has 6 N–H and O–H groups in total. The van der Waals surface area contributed by atoms with E-state index in [1.165, 1.54) is 4.90 Å². The number of nitrogens with zero attached hydrogens (tertiary/aromatic N) is 1. The topological polar surface area (TPSA) is 158 Å². The number of carboxylic acid groups (broad SMARTS) is 1.